The zero-order valence-corrected chi connectivity index (χ0v) is 5.92. The van der Waals surface area contributed by atoms with Gasteiger partial charge in [-0.05, 0) is 13.0 Å². The van der Waals surface area contributed by atoms with Gasteiger partial charge in [0.25, 0.3) is 0 Å². The predicted molar refractivity (Wildman–Crippen MR) is 36.7 cm³/mol. The van der Waals surface area contributed by atoms with Gasteiger partial charge in [0, 0.05) is 12.5 Å². The highest BCUT2D eigenvalue weighted by Gasteiger charge is 2.37. The molecule has 0 amide bonds. The summed E-state index contributed by atoms with van der Waals surface area (Å²) in [5, 5.41) is 12.6. The lowest BCUT2D eigenvalue weighted by Crippen LogP contribution is -2.41. The van der Waals surface area contributed by atoms with E-state index in [0.29, 0.717) is 12.5 Å². The summed E-state index contributed by atoms with van der Waals surface area (Å²) in [7, 11) is 0. The fourth-order valence-corrected chi connectivity index (χ4v) is 1.82. The molecule has 2 N–H and O–H groups in total. The molecule has 2 aliphatic rings. The van der Waals surface area contributed by atoms with Crippen molar-refractivity contribution in [1.29, 1.82) is 0 Å². The molecule has 2 saturated heterocycles. The number of aliphatic hydroxyl groups excluding tert-OH is 1. The van der Waals surface area contributed by atoms with Crippen molar-refractivity contribution in [2.24, 2.45) is 5.92 Å². The summed E-state index contributed by atoms with van der Waals surface area (Å²) < 4.78 is 5.36. The second kappa shape index (κ2) is 2.49. The lowest BCUT2D eigenvalue weighted by molar-refractivity contribution is 0.0760. The first-order valence-electron chi connectivity index (χ1n) is 3.88. The van der Waals surface area contributed by atoms with E-state index in [0.717, 1.165) is 19.5 Å². The molecule has 2 fully saturated rings. The molecule has 0 spiro atoms. The summed E-state index contributed by atoms with van der Waals surface area (Å²) in [6.07, 6.45) is 1.14. The minimum Gasteiger partial charge on any atom is -0.390 e. The molecule has 3 atom stereocenters. The molecule has 0 saturated carbocycles. The van der Waals surface area contributed by atoms with Crippen LogP contribution in [0.15, 0.2) is 0 Å². The van der Waals surface area contributed by atoms with Crippen molar-refractivity contribution in [2.75, 3.05) is 19.7 Å². The van der Waals surface area contributed by atoms with Gasteiger partial charge in [-0.1, -0.05) is 0 Å². The van der Waals surface area contributed by atoms with Crippen molar-refractivity contribution < 1.29 is 9.84 Å². The zero-order valence-electron chi connectivity index (χ0n) is 5.92. The molecule has 2 aliphatic heterocycles. The van der Waals surface area contributed by atoms with Crippen LogP contribution in [0.3, 0.4) is 0 Å². The highest BCUT2D eigenvalue weighted by Crippen LogP contribution is 2.25. The van der Waals surface area contributed by atoms with Gasteiger partial charge in [-0.15, -0.1) is 0 Å². The Morgan fingerprint density at radius 3 is 3.20 bits per heavy atom. The predicted octanol–water partition coefficient (Wildman–Crippen LogP) is -0.644. The molecule has 2 rings (SSSR count). The average Bonchev–Trinajstić information content (AvgIpc) is 2.34. The molecule has 2 heterocycles. The summed E-state index contributed by atoms with van der Waals surface area (Å²) in [6.45, 7) is 2.49. The molecule has 1 unspecified atom stereocenters. The lowest BCUT2D eigenvalue weighted by Gasteiger charge is -2.25. The van der Waals surface area contributed by atoms with Crippen molar-refractivity contribution in [1.82, 2.24) is 5.32 Å². The Kier molecular flexibility index (Phi) is 1.64. The smallest absolute Gasteiger partial charge is 0.0827 e. The number of ether oxygens (including phenoxy) is 1. The Labute approximate surface area is 60.4 Å². The van der Waals surface area contributed by atoms with Gasteiger partial charge in [0.2, 0.25) is 0 Å². The lowest BCUT2D eigenvalue weighted by atomic mass is 9.92. The fourth-order valence-electron chi connectivity index (χ4n) is 1.82. The van der Waals surface area contributed by atoms with Crippen LogP contribution in [0.5, 0.6) is 0 Å². The van der Waals surface area contributed by atoms with Crippen LogP contribution in [0.25, 0.3) is 0 Å². The van der Waals surface area contributed by atoms with Gasteiger partial charge < -0.3 is 15.2 Å². The second-order valence-corrected chi connectivity index (χ2v) is 3.10. The summed E-state index contributed by atoms with van der Waals surface area (Å²) >= 11 is 0. The Morgan fingerprint density at radius 2 is 2.40 bits per heavy atom. The van der Waals surface area contributed by atoms with E-state index in [1.165, 1.54) is 0 Å². The van der Waals surface area contributed by atoms with E-state index in [1.54, 1.807) is 0 Å². The topological polar surface area (TPSA) is 41.5 Å². The van der Waals surface area contributed by atoms with Gasteiger partial charge in [-0.2, -0.15) is 0 Å². The first-order valence-corrected chi connectivity index (χ1v) is 3.88. The SMILES string of the molecule is O[C@@H]1COC2CNCC[C@@H]21. The molecule has 0 aromatic heterocycles. The van der Waals surface area contributed by atoms with Crippen LogP contribution in [0.2, 0.25) is 0 Å². The number of aliphatic hydroxyl groups is 1. The van der Waals surface area contributed by atoms with E-state index in [-0.39, 0.29) is 12.2 Å². The molecule has 58 valence electrons. The van der Waals surface area contributed by atoms with Crippen molar-refractivity contribution >= 4 is 0 Å². The first kappa shape index (κ1) is 6.58. The van der Waals surface area contributed by atoms with E-state index in [9.17, 15) is 5.11 Å². The van der Waals surface area contributed by atoms with Crippen molar-refractivity contribution in [3.8, 4) is 0 Å². The van der Waals surface area contributed by atoms with Crippen LogP contribution in [0.1, 0.15) is 6.42 Å². The van der Waals surface area contributed by atoms with Gasteiger partial charge in [0.05, 0.1) is 18.8 Å². The normalized spacial score (nSPS) is 47.1. The standard InChI is InChI=1S/C7H13NO2/c9-6-4-10-7-3-8-2-1-5(6)7/h5-9H,1-4H2/t5-,6-,7?/m1/s1. The number of hydrogen-bond acceptors (Lipinski definition) is 3. The van der Waals surface area contributed by atoms with Crippen LogP contribution in [0, 0.1) is 5.92 Å². The quantitative estimate of drug-likeness (QED) is 0.474. The average molecular weight is 143 g/mol. The third-order valence-electron chi connectivity index (χ3n) is 2.45. The van der Waals surface area contributed by atoms with Crippen molar-refractivity contribution in [3.63, 3.8) is 0 Å². The van der Waals surface area contributed by atoms with Crippen molar-refractivity contribution in [2.45, 2.75) is 18.6 Å². The number of piperidine rings is 1. The van der Waals surface area contributed by atoms with E-state index in [4.69, 9.17) is 4.74 Å². The number of hydrogen-bond donors (Lipinski definition) is 2. The molecule has 10 heavy (non-hydrogen) atoms. The molecule has 3 heteroatoms. The molecule has 3 nitrogen and oxygen atoms in total. The first-order chi connectivity index (χ1) is 4.88. The Morgan fingerprint density at radius 1 is 1.50 bits per heavy atom. The molecule has 0 aromatic carbocycles. The minimum atomic E-state index is -0.202. The number of fused-ring (bicyclic) bond motifs is 1. The third kappa shape index (κ3) is 0.944. The Hall–Kier alpha value is -0.120. The second-order valence-electron chi connectivity index (χ2n) is 3.10. The summed E-state index contributed by atoms with van der Waals surface area (Å²) in [5.74, 6) is 0.404. The largest absolute Gasteiger partial charge is 0.390 e. The van der Waals surface area contributed by atoms with E-state index in [1.807, 2.05) is 0 Å². The van der Waals surface area contributed by atoms with E-state index in [2.05, 4.69) is 5.32 Å². The van der Waals surface area contributed by atoms with Gasteiger partial charge in [-0.25, -0.2) is 0 Å². The van der Waals surface area contributed by atoms with E-state index >= 15 is 0 Å². The van der Waals surface area contributed by atoms with Crippen LogP contribution < -0.4 is 5.32 Å². The third-order valence-corrected chi connectivity index (χ3v) is 2.45. The van der Waals surface area contributed by atoms with E-state index < -0.39 is 0 Å². The molecular weight excluding hydrogens is 130 g/mol. The minimum absolute atomic E-state index is 0.202. The summed E-state index contributed by atoms with van der Waals surface area (Å²) in [6, 6.07) is 0. The molecule has 0 radical (unpaired) electrons. The molecule has 0 aromatic rings. The highest BCUT2D eigenvalue weighted by atomic mass is 16.5. The van der Waals surface area contributed by atoms with Crippen LogP contribution >= 0.6 is 0 Å². The van der Waals surface area contributed by atoms with Gasteiger partial charge in [0.1, 0.15) is 0 Å². The van der Waals surface area contributed by atoms with Crippen LogP contribution in [-0.2, 0) is 4.74 Å². The molecule has 0 aliphatic carbocycles. The maximum Gasteiger partial charge on any atom is 0.0827 e. The summed E-state index contributed by atoms with van der Waals surface area (Å²) in [4.78, 5) is 0. The number of rotatable bonds is 0. The van der Waals surface area contributed by atoms with Crippen LogP contribution in [0.4, 0.5) is 0 Å². The Bertz CT molecular complexity index is 127. The van der Waals surface area contributed by atoms with Gasteiger partial charge in [0.15, 0.2) is 0 Å². The zero-order chi connectivity index (χ0) is 6.97. The van der Waals surface area contributed by atoms with Crippen LogP contribution in [-0.4, -0.2) is 37.0 Å². The fraction of sp³-hybridized carbons (Fsp3) is 1.00. The summed E-state index contributed by atoms with van der Waals surface area (Å²) in [5.41, 5.74) is 0. The van der Waals surface area contributed by atoms with Crippen molar-refractivity contribution in [3.05, 3.63) is 0 Å². The monoisotopic (exact) mass is 143 g/mol. The van der Waals surface area contributed by atoms with Gasteiger partial charge in [-0.3, -0.25) is 0 Å². The molecular formula is C7H13NO2. The number of nitrogens with one attached hydrogen (secondary N) is 1. The highest BCUT2D eigenvalue weighted by molar-refractivity contribution is 4.88. The molecule has 0 bridgehead atoms. The maximum atomic E-state index is 9.37. The maximum absolute atomic E-state index is 9.37. The Balaban J connectivity index is 2.01. The van der Waals surface area contributed by atoms with Gasteiger partial charge >= 0.3 is 0 Å².